The molecule has 1 aliphatic rings. The van der Waals surface area contributed by atoms with Gasteiger partial charge in [-0.25, -0.2) is 0 Å². The van der Waals surface area contributed by atoms with Gasteiger partial charge in [0.15, 0.2) is 11.5 Å². The van der Waals surface area contributed by atoms with Gasteiger partial charge in [0.25, 0.3) is 0 Å². The third kappa shape index (κ3) is 4.57. The molecule has 0 aromatic heterocycles. The van der Waals surface area contributed by atoms with Gasteiger partial charge in [-0.05, 0) is 40.7 Å². The van der Waals surface area contributed by atoms with E-state index in [0.29, 0.717) is 0 Å². The number of morpholine rings is 1. The zero-order chi connectivity index (χ0) is 15.2. The Hall–Kier alpha value is -0.820. The van der Waals surface area contributed by atoms with Crippen molar-refractivity contribution >= 4 is 15.9 Å². The van der Waals surface area contributed by atoms with Crippen LogP contribution in [-0.2, 0) is 11.3 Å². The molecular weight excluding hydrogens is 336 g/mol. The van der Waals surface area contributed by atoms with Crippen LogP contribution in [0.15, 0.2) is 16.6 Å². The van der Waals surface area contributed by atoms with Crippen LogP contribution in [0.1, 0.15) is 5.56 Å². The monoisotopic (exact) mass is 358 g/mol. The Balaban J connectivity index is 1.89. The standard InChI is InChI=1S/C15H23BrN2O3/c1-18-4-5-21-12(10-18)9-17-8-11-6-13(16)15(20-3)14(7-11)19-2/h6-7,12,17H,4-5,8-10H2,1-3H3. The minimum Gasteiger partial charge on any atom is -0.493 e. The zero-order valence-electron chi connectivity index (χ0n) is 12.8. The summed E-state index contributed by atoms with van der Waals surface area (Å²) in [6.45, 7) is 4.41. The van der Waals surface area contributed by atoms with Crippen LogP contribution >= 0.6 is 15.9 Å². The van der Waals surface area contributed by atoms with Gasteiger partial charge in [0.2, 0.25) is 0 Å². The summed E-state index contributed by atoms with van der Waals surface area (Å²) < 4.78 is 17.3. The molecule has 6 heteroatoms. The van der Waals surface area contributed by atoms with Crippen molar-refractivity contribution in [2.75, 3.05) is 47.5 Å². The van der Waals surface area contributed by atoms with E-state index in [1.807, 2.05) is 12.1 Å². The van der Waals surface area contributed by atoms with E-state index in [-0.39, 0.29) is 6.10 Å². The largest absolute Gasteiger partial charge is 0.493 e. The first-order valence-electron chi connectivity index (χ1n) is 7.05. The van der Waals surface area contributed by atoms with Gasteiger partial charge in [0, 0.05) is 26.2 Å². The first-order chi connectivity index (χ1) is 10.1. The van der Waals surface area contributed by atoms with E-state index in [0.717, 1.165) is 54.3 Å². The van der Waals surface area contributed by atoms with Gasteiger partial charge in [-0.3, -0.25) is 0 Å². The van der Waals surface area contributed by atoms with Crippen LogP contribution in [0, 0.1) is 0 Å². The Morgan fingerprint density at radius 3 is 2.86 bits per heavy atom. The summed E-state index contributed by atoms with van der Waals surface area (Å²) in [5, 5.41) is 3.44. The van der Waals surface area contributed by atoms with Crippen LogP contribution < -0.4 is 14.8 Å². The zero-order valence-corrected chi connectivity index (χ0v) is 14.4. The number of nitrogens with zero attached hydrogens (tertiary/aromatic N) is 1. The van der Waals surface area contributed by atoms with Crippen molar-refractivity contribution in [3.8, 4) is 11.5 Å². The molecule has 1 fully saturated rings. The molecule has 1 atom stereocenters. The third-order valence-corrected chi connectivity index (χ3v) is 4.13. The molecule has 1 heterocycles. The first kappa shape index (κ1) is 16.5. The normalized spacial score (nSPS) is 19.5. The predicted molar refractivity (Wildman–Crippen MR) is 86.2 cm³/mol. The van der Waals surface area contributed by atoms with Crippen molar-refractivity contribution in [1.29, 1.82) is 0 Å². The molecule has 1 aromatic carbocycles. The highest BCUT2D eigenvalue weighted by Crippen LogP contribution is 2.36. The van der Waals surface area contributed by atoms with Gasteiger partial charge in [-0.15, -0.1) is 0 Å². The van der Waals surface area contributed by atoms with Crippen molar-refractivity contribution in [2.45, 2.75) is 12.6 Å². The van der Waals surface area contributed by atoms with E-state index in [9.17, 15) is 0 Å². The maximum absolute atomic E-state index is 5.73. The second-order valence-electron chi connectivity index (χ2n) is 5.20. The van der Waals surface area contributed by atoms with Crippen molar-refractivity contribution in [1.82, 2.24) is 10.2 Å². The van der Waals surface area contributed by atoms with E-state index in [1.54, 1.807) is 14.2 Å². The third-order valence-electron chi connectivity index (χ3n) is 3.54. The smallest absolute Gasteiger partial charge is 0.174 e. The maximum atomic E-state index is 5.73. The van der Waals surface area contributed by atoms with Gasteiger partial charge >= 0.3 is 0 Å². The van der Waals surface area contributed by atoms with Crippen LogP contribution in [0.25, 0.3) is 0 Å². The van der Waals surface area contributed by atoms with Crippen molar-refractivity contribution in [2.24, 2.45) is 0 Å². The Morgan fingerprint density at radius 1 is 1.38 bits per heavy atom. The number of ether oxygens (including phenoxy) is 3. The average Bonchev–Trinajstić information content (AvgIpc) is 2.46. The first-order valence-corrected chi connectivity index (χ1v) is 7.84. The molecule has 0 aliphatic carbocycles. The van der Waals surface area contributed by atoms with Gasteiger partial charge in [-0.1, -0.05) is 0 Å². The lowest BCUT2D eigenvalue weighted by Crippen LogP contribution is -2.44. The number of nitrogens with one attached hydrogen (secondary N) is 1. The van der Waals surface area contributed by atoms with Crippen molar-refractivity contribution in [3.05, 3.63) is 22.2 Å². The summed E-state index contributed by atoms with van der Waals surface area (Å²) in [7, 11) is 5.41. The summed E-state index contributed by atoms with van der Waals surface area (Å²) in [6.07, 6.45) is 0.257. The molecule has 1 saturated heterocycles. The van der Waals surface area contributed by atoms with Gasteiger partial charge in [0.05, 0.1) is 31.4 Å². The molecule has 0 amide bonds. The fraction of sp³-hybridized carbons (Fsp3) is 0.600. The molecule has 1 aromatic rings. The van der Waals surface area contributed by atoms with Crippen LogP contribution in [0.5, 0.6) is 11.5 Å². The molecule has 1 unspecified atom stereocenters. The van der Waals surface area contributed by atoms with Crippen molar-refractivity contribution in [3.63, 3.8) is 0 Å². The highest BCUT2D eigenvalue weighted by atomic mass is 79.9. The summed E-state index contributed by atoms with van der Waals surface area (Å²) >= 11 is 3.51. The molecule has 0 radical (unpaired) electrons. The molecule has 0 spiro atoms. The highest BCUT2D eigenvalue weighted by Gasteiger charge is 2.17. The Labute approximate surface area is 134 Å². The molecule has 1 aliphatic heterocycles. The van der Waals surface area contributed by atoms with Crippen LogP contribution in [-0.4, -0.2) is 58.5 Å². The second kappa shape index (κ2) is 7.98. The Kier molecular flexibility index (Phi) is 6.29. The van der Waals surface area contributed by atoms with E-state index in [4.69, 9.17) is 14.2 Å². The van der Waals surface area contributed by atoms with Crippen LogP contribution in [0.3, 0.4) is 0 Å². The molecule has 0 saturated carbocycles. The number of methoxy groups -OCH3 is 2. The van der Waals surface area contributed by atoms with E-state index >= 15 is 0 Å². The SMILES string of the molecule is COc1cc(CNCC2CN(C)CCO2)cc(Br)c1OC. The van der Waals surface area contributed by atoms with Gasteiger partial charge < -0.3 is 24.4 Å². The topological polar surface area (TPSA) is 43.0 Å². The highest BCUT2D eigenvalue weighted by molar-refractivity contribution is 9.10. The molecule has 1 N–H and O–H groups in total. The van der Waals surface area contributed by atoms with Crippen LogP contribution in [0.2, 0.25) is 0 Å². The summed E-state index contributed by atoms with van der Waals surface area (Å²) in [4.78, 5) is 2.29. The number of likely N-dealkylation sites (N-methyl/N-ethyl adjacent to an activating group) is 1. The number of halogens is 1. The average molecular weight is 359 g/mol. The predicted octanol–water partition coefficient (Wildman–Crippen LogP) is 1.89. The molecule has 21 heavy (non-hydrogen) atoms. The minimum absolute atomic E-state index is 0.257. The lowest BCUT2D eigenvalue weighted by Gasteiger charge is -2.30. The molecule has 2 rings (SSSR count). The van der Waals surface area contributed by atoms with E-state index in [2.05, 4.69) is 33.2 Å². The fourth-order valence-corrected chi connectivity index (χ4v) is 3.09. The van der Waals surface area contributed by atoms with Crippen molar-refractivity contribution < 1.29 is 14.2 Å². The molecule has 5 nitrogen and oxygen atoms in total. The van der Waals surface area contributed by atoms with Gasteiger partial charge in [-0.2, -0.15) is 0 Å². The lowest BCUT2D eigenvalue weighted by molar-refractivity contribution is -0.0182. The number of hydrogen-bond acceptors (Lipinski definition) is 5. The summed E-state index contributed by atoms with van der Waals surface area (Å²) in [6, 6.07) is 4.03. The van der Waals surface area contributed by atoms with E-state index in [1.165, 1.54) is 0 Å². The molecule has 118 valence electrons. The Morgan fingerprint density at radius 2 is 2.19 bits per heavy atom. The lowest BCUT2D eigenvalue weighted by atomic mass is 10.2. The fourth-order valence-electron chi connectivity index (χ4n) is 2.44. The number of benzene rings is 1. The quantitative estimate of drug-likeness (QED) is 0.840. The van der Waals surface area contributed by atoms with Gasteiger partial charge in [0.1, 0.15) is 0 Å². The minimum atomic E-state index is 0.257. The number of hydrogen-bond donors (Lipinski definition) is 1. The Bertz CT molecular complexity index is 470. The number of rotatable bonds is 6. The second-order valence-corrected chi connectivity index (χ2v) is 6.05. The van der Waals surface area contributed by atoms with Crippen LogP contribution in [0.4, 0.5) is 0 Å². The summed E-state index contributed by atoms with van der Waals surface area (Å²) in [5.41, 5.74) is 1.14. The molecular formula is C15H23BrN2O3. The summed E-state index contributed by atoms with van der Waals surface area (Å²) in [5.74, 6) is 1.45. The molecule has 0 bridgehead atoms. The van der Waals surface area contributed by atoms with E-state index < -0.39 is 0 Å². The maximum Gasteiger partial charge on any atom is 0.174 e.